The number of urea groups is 1. The predicted molar refractivity (Wildman–Crippen MR) is 80.0 cm³/mol. The number of aliphatic hydroxyl groups excluding tert-OH is 1. The Hall–Kier alpha value is -1.40. The third-order valence-corrected chi connectivity index (χ3v) is 3.91. The molecule has 0 saturated carbocycles. The average Bonchev–Trinajstić information content (AvgIpc) is 2.47. The fraction of sp³-hybridized carbons (Fsp3) is 0.500. The van der Waals surface area contributed by atoms with Crippen LogP contribution in [0.15, 0.2) is 18.2 Å². The Bertz CT molecular complexity index is 481. The number of nitrogens with one attached hydrogen (secondary N) is 1. The van der Waals surface area contributed by atoms with Gasteiger partial charge in [0.2, 0.25) is 0 Å². The van der Waals surface area contributed by atoms with Gasteiger partial charge in [0.1, 0.15) is 5.75 Å². The van der Waals surface area contributed by atoms with Crippen molar-refractivity contribution in [2.45, 2.75) is 25.3 Å². The first-order valence-corrected chi connectivity index (χ1v) is 7.11. The van der Waals surface area contributed by atoms with Gasteiger partial charge in [0, 0.05) is 0 Å². The Kier molecular flexibility index (Phi) is 5.14. The van der Waals surface area contributed by atoms with Crippen molar-refractivity contribution in [2.24, 2.45) is 0 Å². The molecule has 1 aliphatic rings. The fourth-order valence-electron chi connectivity index (χ4n) is 2.58. The summed E-state index contributed by atoms with van der Waals surface area (Å²) in [5.41, 5.74) is 2.27. The van der Waals surface area contributed by atoms with E-state index in [0.717, 1.165) is 30.6 Å². The first-order valence-electron chi connectivity index (χ1n) is 6.71. The van der Waals surface area contributed by atoms with Gasteiger partial charge < -0.3 is 15.2 Å². The summed E-state index contributed by atoms with van der Waals surface area (Å²) in [6.07, 6.45) is 2.87. The van der Waals surface area contributed by atoms with Crippen LogP contribution in [0.5, 0.6) is 5.75 Å². The first kappa shape index (κ1) is 15.0. The van der Waals surface area contributed by atoms with Crippen LogP contribution in [0.1, 0.15) is 30.0 Å². The molecule has 0 aliphatic heterocycles. The molecule has 5 nitrogen and oxygen atoms in total. The molecule has 1 aromatic carbocycles. The average molecular weight is 296 g/mol. The largest absolute Gasteiger partial charge is 0.496 e. The zero-order valence-corrected chi connectivity index (χ0v) is 12.4. The van der Waals surface area contributed by atoms with E-state index < -0.39 is 0 Å². The van der Waals surface area contributed by atoms with Crippen LogP contribution in [0.2, 0.25) is 0 Å². The lowest BCUT2D eigenvalue weighted by molar-refractivity contribution is 0.208. The zero-order valence-electron chi connectivity index (χ0n) is 11.5. The Morgan fingerprint density at radius 2 is 2.40 bits per heavy atom. The molecule has 20 heavy (non-hydrogen) atoms. The normalized spacial score (nSPS) is 17.2. The van der Waals surface area contributed by atoms with Crippen molar-refractivity contribution in [3.63, 3.8) is 0 Å². The summed E-state index contributed by atoms with van der Waals surface area (Å²) < 4.78 is 6.57. The van der Waals surface area contributed by atoms with Gasteiger partial charge in [-0.25, -0.2) is 4.79 Å². The summed E-state index contributed by atoms with van der Waals surface area (Å²) in [7, 11) is 1.66. The summed E-state index contributed by atoms with van der Waals surface area (Å²) in [5.74, 6) is 0.875. The minimum absolute atomic E-state index is 0.0327. The number of carbonyl (C=O) groups is 1. The number of ether oxygens (including phenoxy) is 1. The Labute approximate surface area is 124 Å². The van der Waals surface area contributed by atoms with Crippen molar-refractivity contribution >= 4 is 18.8 Å². The van der Waals surface area contributed by atoms with E-state index in [0.29, 0.717) is 0 Å². The smallest absolute Gasteiger partial charge is 0.327 e. The van der Waals surface area contributed by atoms with Crippen molar-refractivity contribution in [3.8, 4) is 5.75 Å². The van der Waals surface area contributed by atoms with Crippen LogP contribution >= 0.6 is 12.8 Å². The standard InChI is InChI=1S/C14H20N2O3S/c1-19-13-7-3-4-10-11(13)5-2-6-12(10)15-14(18)16(20)8-9-17/h3-4,7,12,17,20H,2,5-6,8-9H2,1H3,(H,15,18). The third kappa shape index (κ3) is 3.19. The minimum atomic E-state index is -0.289. The molecule has 2 amide bonds. The van der Waals surface area contributed by atoms with E-state index in [4.69, 9.17) is 9.84 Å². The van der Waals surface area contributed by atoms with Gasteiger partial charge in [0.15, 0.2) is 0 Å². The van der Waals surface area contributed by atoms with E-state index in [1.165, 1.54) is 9.87 Å². The number of fused-ring (bicyclic) bond motifs is 1. The van der Waals surface area contributed by atoms with Crippen molar-refractivity contribution in [2.75, 3.05) is 20.3 Å². The molecular formula is C14H20N2O3S. The van der Waals surface area contributed by atoms with Crippen LogP contribution in [0, 0.1) is 0 Å². The van der Waals surface area contributed by atoms with E-state index in [9.17, 15) is 4.79 Å². The maximum absolute atomic E-state index is 12.0. The van der Waals surface area contributed by atoms with Gasteiger partial charge in [-0.05, 0) is 36.5 Å². The van der Waals surface area contributed by atoms with Gasteiger partial charge >= 0.3 is 6.03 Å². The summed E-state index contributed by atoms with van der Waals surface area (Å²) in [4.78, 5) is 12.0. The molecule has 2 N–H and O–H groups in total. The lowest BCUT2D eigenvalue weighted by Crippen LogP contribution is -2.39. The van der Waals surface area contributed by atoms with E-state index in [-0.39, 0.29) is 25.2 Å². The highest BCUT2D eigenvalue weighted by Crippen LogP contribution is 2.35. The number of benzene rings is 1. The predicted octanol–water partition coefficient (Wildman–Crippen LogP) is 1.92. The van der Waals surface area contributed by atoms with Crippen LogP contribution in [0.25, 0.3) is 0 Å². The lowest BCUT2D eigenvalue weighted by atomic mass is 9.87. The maximum Gasteiger partial charge on any atom is 0.327 e. The highest BCUT2D eigenvalue weighted by molar-refractivity contribution is 7.78. The SMILES string of the molecule is COc1cccc2c1CCCC2NC(=O)N(S)CCO. The molecule has 1 atom stereocenters. The number of methoxy groups -OCH3 is 1. The van der Waals surface area contributed by atoms with Crippen molar-refractivity contribution in [1.29, 1.82) is 0 Å². The number of hydrogen-bond donors (Lipinski definition) is 3. The second-order valence-corrected chi connectivity index (χ2v) is 5.25. The Morgan fingerprint density at radius 3 is 3.10 bits per heavy atom. The van der Waals surface area contributed by atoms with Gasteiger partial charge in [-0.15, -0.1) is 0 Å². The molecule has 0 heterocycles. The summed E-state index contributed by atoms with van der Waals surface area (Å²) >= 11 is 4.05. The molecule has 1 aromatic rings. The molecule has 110 valence electrons. The second-order valence-electron chi connectivity index (χ2n) is 4.77. The second kappa shape index (κ2) is 6.85. The quantitative estimate of drug-likeness (QED) is 0.744. The maximum atomic E-state index is 12.0. The van der Waals surface area contributed by atoms with Crippen molar-refractivity contribution < 1.29 is 14.6 Å². The molecule has 0 aromatic heterocycles. The summed E-state index contributed by atoms with van der Waals surface area (Å²) in [5, 5.41) is 11.8. The highest BCUT2D eigenvalue weighted by atomic mass is 32.1. The number of carbonyl (C=O) groups excluding carboxylic acids is 1. The number of hydrogen-bond acceptors (Lipinski definition) is 4. The topological polar surface area (TPSA) is 61.8 Å². The van der Waals surface area contributed by atoms with Crippen LogP contribution in [0.4, 0.5) is 4.79 Å². The number of thiol groups is 1. The first-order chi connectivity index (χ1) is 9.67. The van der Waals surface area contributed by atoms with Gasteiger partial charge in [-0.1, -0.05) is 24.9 Å². The molecule has 0 fully saturated rings. The van der Waals surface area contributed by atoms with E-state index in [1.807, 2.05) is 18.2 Å². The lowest BCUT2D eigenvalue weighted by Gasteiger charge is -2.29. The number of aliphatic hydroxyl groups is 1. The zero-order chi connectivity index (χ0) is 14.5. The van der Waals surface area contributed by atoms with Crippen molar-refractivity contribution in [1.82, 2.24) is 9.62 Å². The molecule has 1 aliphatic carbocycles. The van der Waals surface area contributed by atoms with Gasteiger partial charge in [-0.2, -0.15) is 0 Å². The molecule has 0 spiro atoms. The minimum Gasteiger partial charge on any atom is -0.496 e. The van der Waals surface area contributed by atoms with Crippen LogP contribution in [-0.2, 0) is 6.42 Å². The summed E-state index contributed by atoms with van der Waals surface area (Å²) in [6.45, 7) is 0.0959. The number of nitrogens with zero attached hydrogens (tertiary/aromatic N) is 1. The Morgan fingerprint density at radius 1 is 1.60 bits per heavy atom. The van der Waals surface area contributed by atoms with Crippen LogP contribution in [-0.4, -0.2) is 35.7 Å². The van der Waals surface area contributed by atoms with Crippen LogP contribution in [0.3, 0.4) is 0 Å². The summed E-state index contributed by atoms with van der Waals surface area (Å²) in [6, 6.07) is 5.59. The number of rotatable bonds is 4. The van der Waals surface area contributed by atoms with E-state index in [2.05, 4.69) is 18.1 Å². The van der Waals surface area contributed by atoms with Crippen LogP contribution < -0.4 is 10.1 Å². The number of amides is 2. The monoisotopic (exact) mass is 296 g/mol. The Balaban J connectivity index is 2.15. The van der Waals surface area contributed by atoms with Gasteiger partial charge in [-0.3, -0.25) is 4.31 Å². The van der Waals surface area contributed by atoms with Gasteiger partial charge in [0.25, 0.3) is 0 Å². The third-order valence-electron chi connectivity index (χ3n) is 3.53. The highest BCUT2D eigenvalue weighted by Gasteiger charge is 2.25. The van der Waals surface area contributed by atoms with E-state index in [1.54, 1.807) is 7.11 Å². The molecule has 1 unspecified atom stereocenters. The van der Waals surface area contributed by atoms with Crippen molar-refractivity contribution in [3.05, 3.63) is 29.3 Å². The molecule has 2 rings (SSSR count). The molecule has 0 radical (unpaired) electrons. The molecule has 6 heteroatoms. The molecule has 0 bridgehead atoms. The van der Waals surface area contributed by atoms with E-state index >= 15 is 0 Å². The molecule has 0 saturated heterocycles. The van der Waals surface area contributed by atoms with Gasteiger partial charge in [0.05, 0.1) is 26.3 Å². The fourth-order valence-corrected chi connectivity index (χ4v) is 2.72. The molecular weight excluding hydrogens is 276 g/mol.